The van der Waals surface area contributed by atoms with Gasteiger partial charge in [0.25, 0.3) is 0 Å². The van der Waals surface area contributed by atoms with E-state index < -0.39 is 95.8 Å². The van der Waals surface area contributed by atoms with Crippen LogP contribution in [0, 0.1) is 0 Å². The third kappa shape index (κ3) is 9.19. The molecule has 0 atom stereocenters. The first-order valence-corrected chi connectivity index (χ1v) is 10.3. The predicted octanol–water partition coefficient (Wildman–Crippen LogP) is -12.2. The minimum atomic E-state index is -0.945. The van der Waals surface area contributed by atoms with Gasteiger partial charge in [-0.3, -0.25) is 0 Å². The Hall–Kier alpha value is 2.08. The molecule has 0 spiro atoms. The maximum absolute atomic E-state index is 6.21. The molecule has 0 rings (SSSR count). The quantitative estimate of drug-likeness (QED) is 0.274. The Morgan fingerprint density at radius 2 is 0.250 bits per heavy atom. The molecule has 0 aliphatic carbocycles. The van der Waals surface area contributed by atoms with Crippen molar-refractivity contribution < 1.29 is 0 Å². The molecule has 34 radical (unpaired) electrons. The summed E-state index contributed by atoms with van der Waals surface area (Å²) < 4.78 is 0. The monoisotopic (exact) mass is 352 g/mol. The van der Waals surface area contributed by atoms with Crippen molar-refractivity contribution in [2.45, 2.75) is 0 Å². The lowest BCUT2D eigenvalue weighted by molar-refractivity contribution is 3.37. The molecule has 0 fully saturated rings. The lowest BCUT2D eigenvalue weighted by Crippen LogP contribution is -2.77. The van der Waals surface area contributed by atoms with Gasteiger partial charge in [-0.05, 0) is 0 Å². The van der Waals surface area contributed by atoms with Gasteiger partial charge in [-0.2, -0.15) is 0 Å². The maximum atomic E-state index is 6.21. The van der Waals surface area contributed by atoms with E-state index in [0.717, 1.165) is 0 Å². The summed E-state index contributed by atoms with van der Waals surface area (Å²) in [5.41, 5.74) is 0. The normalized spacial score (nSPS) is 9.50. The van der Waals surface area contributed by atoms with Crippen LogP contribution in [0.25, 0.3) is 0 Å². The predicted molar refractivity (Wildman–Crippen MR) is 184 cm³/mol. The first-order chi connectivity index (χ1) is 14.5. The topological polar surface area (TPSA) is 0 Å². The zero-order valence-corrected chi connectivity index (χ0v) is 18.5. The van der Waals surface area contributed by atoms with Crippen LogP contribution in [0.2, 0.25) is 0 Å². The molecule has 0 unspecified atom stereocenters. The summed E-state index contributed by atoms with van der Waals surface area (Å²) in [6, 6.07) is 0. The molecule has 0 saturated carbocycles. The van der Waals surface area contributed by atoms with Crippen molar-refractivity contribution in [1.29, 1.82) is 0 Å². The fraction of sp³-hybridized carbons (Fsp3) is 0. The average Bonchev–Trinajstić information content (AvgIpc) is 2.76. The van der Waals surface area contributed by atoms with E-state index in [9.17, 15) is 0 Å². The Morgan fingerprint density at radius 3 is 0.344 bits per heavy atom. The van der Waals surface area contributed by atoms with Crippen LogP contribution < -0.4 is 0 Å². The summed E-state index contributed by atoms with van der Waals surface area (Å²) in [4.78, 5) is 0. The van der Waals surface area contributed by atoms with Crippen molar-refractivity contribution in [3.05, 3.63) is 0 Å². The molecule has 0 aromatic carbocycles. The van der Waals surface area contributed by atoms with E-state index in [1.54, 1.807) is 0 Å². The van der Waals surface area contributed by atoms with Crippen LogP contribution in [0.5, 0.6) is 0 Å². The van der Waals surface area contributed by atoms with E-state index in [-0.39, 0.29) is 0 Å². The second-order valence-electron chi connectivity index (χ2n) is 8.66. The van der Waals surface area contributed by atoms with Gasteiger partial charge in [0, 0.05) is 227 Å². The zero-order valence-electron chi connectivity index (χ0n) is 18.5. The largest absolute Gasteiger partial charge is 0 e. The van der Waals surface area contributed by atoms with Crippen molar-refractivity contribution in [3.63, 3.8) is 0 Å². The van der Waals surface area contributed by atoms with Crippen LogP contribution in [0.15, 0.2) is 0 Å². The van der Waals surface area contributed by atoms with Crippen LogP contribution in [0.3, 0.4) is 0 Å². The number of rotatable bonds is 14. The highest BCUT2D eigenvalue weighted by Crippen LogP contribution is 2.03. The summed E-state index contributed by atoms with van der Waals surface area (Å²) in [5.74, 6) is 0. The Labute approximate surface area is 226 Å². The molecule has 0 aliphatic heterocycles. The minimum absolute atomic E-state index is 0.819. The lowest BCUT2D eigenvalue weighted by atomic mass is 8.43. The molecule has 0 aromatic heterocycles. The summed E-state index contributed by atoms with van der Waals surface area (Å²) in [6.07, 6.45) is -13.4. The molecule has 0 saturated heterocycles. The molecule has 0 heterocycles. The van der Waals surface area contributed by atoms with E-state index in [0.29, 0.717) is 0 Å². The van der Waals surface area contributed by atoms with E-state index in [1.807, 2.05) is 0 Å². The van der Waals surface area contributed by atoms with Gasteiger partial charge in [0.15, 0.2) is 0 Å². The smallest absolute Gasteiger partial charge is 0 e. The van der Waals surface area contributed by atoms with Crippen LogP contribution in [-0.4, -0.2) is 227 Å². The van der Waals surface area contributed by atoms with E-state index in [4.69, 9.17) is 132 Å². The van der Waals surface area contributed by atoms with Gasteiger partial charge in [0.2, 0.25) is 0 Å². The molecular weight excluding hydrogens is 346 g/mol. The molecule has 32 heteroatoms. The van der Waals surface area contributed by atoms with Gasteiger partial charge in [-0.1, -0.05) is 0 Å². The summed E-state index contributed by atoms with van der Waals surface area (Å²) in [7, 11) is 101. The van der Waals surface area contributed by atoms with Crippen molar-refractivity contribution >= 4 is 227 Å². The standard InChI is InChI=1S/B32/c1-18(2)20(5)22(7)24(9)26(11)28(13)30(15)32(17)31(16)29(14)27(12)25(10)23(8)21(6)19(3)4. The third-order valence-electron chi connectivity index (χ3n) is 6.22. The van der Waals surface area contributed by atoms with Gasteiger partial charge in [-0.25, -0.2) is 0 Å². The van der Waals surface area contributed by atoms with Crippen LogP contribution in [-0.2, 0) is 0 Å². The van der Waals surface area contributed by atoms with Gasteiger partial charge in [0.05, 0.1) is 0 Å². The summed E-state index contributed by atoms with van der Waals surface area (Å²) in [6.45, 7) is 0. The highest BCUT2D eigenvalue weighted by molar-refractivity contribution is 8.16. The Balaban J connectivity index is 5.23. The van der Waals surface area contributed by atoms with Crippen LogP contribution in [0.1, 0.15) is 0 Å². The molecule has 0 aromatic rings. The van der Waals surface area contributed by atoms with Gasteiger partial charge in [0.1, 0.15) is 0 Å². The SMILES string of the molecule is [B]B([B])B([B])B([B])B([B])B([B])B([B])B([B])B([B])B([B])B([B])B([B])B([B])B([B])B([B])B([B])[B]. The summed E-state index contributed by atoms with van der Waals surface area (Å²) >= 11 is 0. The molecule has 96 valence electrons. The molecule has 32 heavy (non-hydrogen) atoms. The third-order valence-corrected chi connectivity index (χ3v) is 6.22. The number of hydrogen-bond acceptors (Lipinski definition) is 0. The Kier molecular flexibility index (Phi) is 16.4. The zero-order chi connectivity index (χ0) is 25.7. The molecule has 0 amide bonds. The van der Waals surface area contributed by atoms with E-state index in [1.165, 1.54) is 0 Å². The van der Waals surface area contributed by atoms with Crippen molar-refractivity contribution in [1.82, 2.24) is 0 Å². The molecular formula is B32. The molecule has 0 nitrogen and oxygen atoms in total. The fourth-order valence-electron chi connectivity index (χ4n) is 3.34. The Bertz CT molecular complexity index is 446. The highest BCUT2D eigenvalue weighted by atomic mass is 13.2. The summed E-state index contributed by atoms with van der Waals surface area (Å²) in [5, 5.41) is 0. The van der Waals surface area contributed by atoms with Crippen LogP contribution >= 0.6 is 0 Å². The average molecular weight is 346 g/mol. The molecule has 0 bridgehead atoms. The maximum Gasteiger partial charge on any atom is 0 e. The van der Waals surface area contributed by atoms with Crippen molar-refractivity contribution in [2.24, 2.45) is 0 Å². The van der Waals surface area contributed by atoms with E-state index in [2.05, 4.69) is 0 Å². The minimum Gasteiger partial charge on any atom is 0 e. The Morgan fingerprint density at radius 1 is 0.156 bits per heavy atom. The van der Waals surface area contributed by atoms with Crippen LogP contribution in [0.4, 0.5) is 0 Å². The van der Waals surface area contributed by atoms with Gasteiger partial charge >= 0.3 is 0 Å². The molecule has 0 aliphatic rings. The van der Waals surface area contributed by atoms with E-state index >= 15 is 0 Å². The molecule has 0 N–H and O–H groups in total. The fourth-order valence-corrected chi connectivity index (χ4v) is 3.34. The van der Waals surface area contributed by atoms with Crippen molar-refractivity contribution in [2.75, 3.05) is 0 Å². The second-order valence-corrected chi connectivity index (χ2v) is 8.66. The van der Waals surface area contributed by atoms with Gasteiger partial charge < -0.3 is 0 Å². The first kappa shape index (κ1) is 34.1. The lowest BCUT2D eigenvalue weighted by Gasteiger charge is -2.39. The second kappa shape index (κ2) is 15.4. The highest BCUT2D eigenvalue weighted by Gasteiger charge is 2.41. The first-order valence-electron chi connectivity index (χ1n) is 10.3. The number of hydrogen-bond donors (Lipinski definition) is 0. The van der Waals surface area contributed by atoms with Gasteiger partial charge in [-0.15, -0.1) is 0 Å². The van der Waals surface area contributed by atoms with Crippen molar-refractivity contribution in [3.8, 4) is 0 Å².